The number of alkyl halides is 2. The van der Waals surface area contributed by atoms with Gasteiger partial charge in [0.2, 0.25) is 0 Å². The Morgan fingerprint density at radius 2 is 2.12 bits per heavy atom. The van der Waals surface area contributed by atoms with Crippen LogP contribution in [-0.4, -0.2) is 32.1 Å². The van der Waals surface area contributed by atoms with Crippen molar-refractivity contribution in [3.63, 3.8) is 0 Å². The summed E-state index contributed by atoms with van der Waals surface area (Å²) in [5.41, 5.74) is -0.258. The van der Waals surface area contributed by atoms with Crippen molar-refractivity contribution in [1.29, 1.82) is 0 Å². The summed E-state index contributed by atoms with van der Waals surface area (Å²) in [6.07, 6.45) is 2.62. The van der Waals surface area contributed by atoms with Gasteiger partial charge >= 0.3 is 0 Å². The lowest BCUT2D eigenvalue weighted by molar-refractivity contribution is 0.416. The minimum atomic E-state index is -0.258. The fourth-order valence-corrected chi connectivity index (χ4v) is 1.72. The van der Waals surface area contributed by atoms with Crippen molar-refractivity contribution in [1.82, 2.24) is 20.1 Å². The predicted molar refractivity (Wildman–Crippen MR) is 67.0 cm³/mol. The van der Waals surface area contributed by atoms with Crippen LogP contribution < -0.4 is 5.32 Å². The van der Waals surface area contributed by atoms with Crippen molar-refractivity contribution in [3.8, 4) is 0 Å². The lowest BCUT2D eigenvalue weighted by Crippen LogP contribution is -2.45. The lowest BCUT2D eigenvalue weighted by Gasteiger charge is -2.25. The second-order valence-electron chi connectivity index (χ2n) is 4.08. The molecule has 1 aromatic rings. The Hall–Kier alpha value is -0.320. The summed E-state index contributed by atoms with van der Waals surface area (Å²) in [5, 5.41) is 7.47. The number of aryl methyl sites for hydroxylation is 1. The van der Waals surface area contributed by atoms with Gasteiger partial charge in [-0.1, -0.05) is 6.92 Å². The summed E-state index contributed by atoms with van der Waals surface area (Å²) in [5.74, 6) is 1.86. The van der Waals surface area contributed by atoms with Crippen LogP contribution in [0.15, 0.2) is 6.33 Å². The summed E-state index contributed by atoms with van der Waals surface area (Å²) in [6, 6.07) is 0. The Labute approximate surface area is 106 Å². The average molecular weight is 265 g/mol. The van der Waals surface area contributed by atoms with Gasteiger partial charge in [-0.05, 0) is 13.3 Å². The number of nitrogens with one attached hydrogen (secondary N) is 1. The van der Waals surface area contributed by atoms with Crippen molar-refractivity contribution in [2.24, 2.45) is 0 Å². The maximum atomic E-state index is 5.86. The van der Waals surface area contributed by atoms with E-state index in [0.717, 1.165) is 18.8 Å². The molecule has 92 valence electrons. The van der Waals surface area contributed by atoms with E-state index in [1.807, 2.05) is 11.6 Å². The number of nitrogens with zero attached hydrogens (tertiary/aromatic N) is 3. The third-order valence-electron chi connectivity index (χ3n) is 2.39. The first-order valence-electron chi connectivity index (χ1n) is 5.39. The average Bonchev–Trinajstić information content (AvgIpc) is 2.74. The third-order valence-corrected chi connectivity index (χ3v) is 3.57. The van der Waals surface area contributed by atoms with Crippen molar-refractivity contribution < 1.29 is 0 Å². The first-order chi connectivity index (χ1) is 7.65. The number of hydrogen-bond acceptors (Lipinski definition) is 3. The van der Waals surface area contributed by atoms with Crippen molar-refractivity contribution in [3.05, 3.63) is 12.2 Å². The largest absolute Gasteiger partial charge is 0.302 e. The number of hydrogen-bond donors (Lipinski definition) is 1. The highest BCUT2D eigenvalue weighted by Crippen LogP contribution is 2.10. The third kappa shape index (κ3) is 3.61. The van der Waals surface area contributed by atoms with Gasteiger partial charge in [0.1, 0.15) is 12.2 Å². The maximum absolute atomic E-state index is 5.86. The van der Waals surface area contributed by atoms with Gasteiger partial charge in [0.05, 0.1) is 6.54 Å². The molecule has 1 aromatic heterocycles. The fraction of sp³-hybridized carbons (Fsp3) is 0.800. The quantitative estimate of drug-likeness (QED) is 0.767. The molecule has 4 nitrogen and oxygen atoms in total. The van der Waals surface area contributed by atoms with Crippen LogP contribution in [0.5, 0.6) is 0 Å². The number of halogens is 2. The zero-order valence-corrected chi connectivity index (χ0v) is 11.2. The maximum Gasteiger partial charge on any atom is 0.140 e. The molecule has 0 radical (unpaired) electrons. The van der Waals surface area contributed by atoms with Crippen LogP contribution in [0.2, 0.25) is 0 Å². The molecule has 0 aliphatic carbocycles. The molecule has 1 heterocycles. The molecule has 0 spiro atoms. The zero-order valence-electron chi connectivity index (χ0n) is 9.71. The molecular weight excluding hydrogens is 247 g/mol. The summed E-state index contributed by atoms with van der Waals surface area (Å²) in [4.78, 5) is 4.21. The summed E-state index contributed by atoms with van der Waals surface area (Å²) < 4.78 is 1.90. The summed E-state index contributed by atoms with van der Waals surface area (Å²) >= 11 is 11.7. The van der Waals surface area contributed by atoms with Gasteiger partial charge in [0.15, 0.2) is 0 Å². The molecular formula is C10H18Cl2N4. The summed E-state index contributed by atoms with van der Waals surface area (Å²) in [6.45, 7) is 5.62. The topological polar surface area (TPSA) is 42.7 Å². The van der Waals surface area contributed by atoms with E-state index in [2.05, 4.69) is 22.3 Å². The van der Waals surface area contributed by atoms with Crippen LogP contribution in [0.3, 0.4) is 0 Å². The molecule has 1 rings (SSSR count). The molecule has 0 saturated heterocycles. The van der Waals surface area contributed by atoms with Crippen molar-refractivity contribution >= 4 is 23.2 Å². The van der Waals surface area contributed by atoms with Crippen LogP contribution in [0, 0.1) is 0 Å². The van der Waals surface area contributed by atoms with E-state index in [4.69, 9.17) is 23.2 Å². The molecule has 1 N–H and O–H groups in total. The van der Waals surface area contributed by atoms with Gasteiger partial charge in [0, 0.05) is 23.8 Å². The first-order valence-corrected chi connectivity index (χ1v) is 6.45. The van der Waals surface area contributed by atoms with Crippen molar-refractivity contribution in [2.75, 3.05) is 11.8 Å². The highest BCUT2D eigenvalue weighted by atomic mass is 35.5. The van der Waals surface area contributed by atoms with Gasteiger partial charge in [-0.2, -0.15) is 5.10 Å². The molecule has 0 saturated carbocycles. The molecule has 16 heavy (non-hydrogen) atoms. The lowest BCUT2D eigenvalue weighted by atomic mass is 10.1. The minimum absolute atomic E-state index is 0.258. The Bertz CT molecular complexity index is 310. The SMILES string of the molecule is CCCn1ncnc1CNC(C)(CCl)CCl. The van der Waals surface area contributed by atoms with Crippen molar-refractivity contribution in [2.45, 2.75) is 38.9 Å². The second kappa shape index (κ2) is 6.42. The molecule has 6 heteroatoms. The molecule has 0 unspecified atom stereocenters. The van der Waals surface area contributed by atoms with E-state index in [1.54, 1.807) is 6.33 Å². The van der Waals surface area contributed by atoms with Crippen LogP contribution >= 0.6 is 23.2 Å². The predicted octanol–water partition coefficient (Wildman–Crippen LogP) is 2.01. The Kier molecular flexibility index (Phi) is 5.52. The highest BCUT2D eigenvalue weighted by molar-refractivity contribution is 6.22. The Balaban J connectivity index is 2.56. The van der Waals surface area contributed by atoms with Crippen LogP contribution in [0.1, 0.15) is 26.1 Å². The van der Waals surface area contributed by atoms with E-state index >= 15 is 0 Å². The van der Waals surface area contributed by atoms with Gasteiger partial charge in [0.25, 0.3) is 0 Å². The smallest absolute Gasteiger partial charge is 0.140 e. The van der Waals surface area contributed by atoms with E-state index < -0.39 is 0 Å². The second-order valence-corrected chi connectivity index (χ2v) is 4.62. The normalized spacial score (nSPS) is 12.0. The van der Waals surface area contributed by atoms with E-state index in [-0.39, 0.29) is 5.54 Å². The zero-order chi connectivity index (χ0) is 12.0. The van der Waals surface area contributed by atoms with Gasteiger partial charge < -0.3 is 5.32 Å². The highest BCUT2D eigenvalue weighted by Gasteiger charge is 2.21. The molecule has 0 atom stereocenters. The van der Waals surface area contributed by atoms with E-state index in [9.17, 15) is 0 Å². The van der Waals surface area contributed by atoms with Gasteiger partial charge in [-0.3, -0.25) is 0 Å². The number of aromatic nitrogens is 3. The Morgan fingerprint density at radius 1 is 1.44 bits per heavy atom. The van der Waals surface area contributed by atoms with Crippen LogP contribution in [-0.2, 0) is 13.1 Å². The van der Waals surface area contributed by atoms with Crippen LogP contribution in [0.4, 0.5) is 0 Å². The summed E-state index contributed by atoms with van der Waals surface area (Å²) in [7, 11) is 0. The standard InChI is InChI=1S/C10H18Cl2N4/c1-3-4-16-9(13-8-15-16)5-14-10(2,6-11)7-12/h8,14H,3-7H2,1-2H3. The molecule has 0 amide bonds. The molecule has 0 aliphatic rings. The molecule has 0 bridgehead atoms. The number of rotatable bonds is 7. The Morgan fingerprint density at radius 3 is 2.69 bits per heavy atom. The van der Waals surface area contributed by atoms with E-state index in [1.165, 1.54) is 0 Å². The van der Waals surface area contributed by atoms with Crippen LogP contribution in [0.25, 0.3) is 0 Å². The monoisotopic (exact) mass is 264 g/mol. The van der Waals surface area contributed by atoms with E-state index in [0.29, 0.717) is 18.3 Å². The molecule has 0 fully saturated rings. The molecule has 0 aromatic carbocycles. The van der Waals surface area contributed by atoms with Gasteiger partial charge in [-0.15, -0.1) is 23.2 Å². The fourth-order valence-electron chi connectivity index (χ4n) is 1.25. The minimum Gasteiger partial charge on any atom is -0.302 e. The van der Waals surface area contributed by atoms with Gasteiger partial charge in [-0.25, -0.2) is 9.67 Å². The first kappa shape index (κ1) is 13.7. The molecule has 0 aliphatic heterocycles.